The highest BCUT2D eigenvalue weighted by Crippen LogP contribution is 2.30. The molecule has 0 fully saturated rings. The molecule has 0 aromatic heterocycles. The van der Waals surface area contributed by atoms with Gasteiger partial charge in [0.15, 0.2) is 6.10 Å². The topological polar surface area (TPSA) is 58.6 Å². The minimum absolute atomic E-state index is 0.0448. The fourth-order valence-corrected chi connectivity index (χ4v) is 1.87. The molecule has 19 heavy (non-hydrogen) atoms. The highest BCUT2D eigenvalue weighted by molar-refractivity contribution is 5.97. The third kappa shape index (κ3) is 3.05. The van der Waals surface area contributed by atoms with Gasteiger partial charge in [-0.1, -0.05) is 6.07 Å². The molecule has 1 N–H and O–H groups in total. The Morgan fingerprint density at radius 3 is 2.89 bits per heavy atom. The van der Waals surface area contributed by atoms with Crippen LogP contribution < -0.4 is 10.1 Å². The van der Waals surface area contributed by atoms with E-state index in [4.69, 9.17) is 4.74 Å². The van der Waals surface area contributed by atoms with Gasteiger partial charge in [0.05, 0.1) is 5.69 Å². The number of hydrogen-bond acceptors (Lipinski definition) is 3. The molecule has 0 bridgehead atoms. The molecule has 1 unspecified atom stereocenters. The van der Waals surface area contributed by atoms with Crippen molar-refractivity contribution >= 4 is 17.5 Å². The Balaban J connectivity index is 2.07. The SMILES string of the molecule is CC(=O)N(C)CCc1ccc2c(c1)NC(=O)C(C)O2. The summed E-state index contributed by atoms with van der Waals surface area (Å²) in [6, 6.07) is 5.71. The molecule has 1 aliphatic rings. The first-order valence-electron chi connectivity index (χ1n) is 6.29. The van der Waals surface area contributed by atoms with Gasteiger partial charge in [0, 0.05) is 20.5 Å². The standard InChI is InChI=1S/C14H18N2O3/c1-9-14(18)15-12-8-11(4-5-13(12)19-9)6-7-16(3)10(2)17/h4-5,8-9H,6-7H2,1-3H3,(H,15,18). The number of nitrogens with zero attached hydrogens (tertiary/aromatic N) is 1. The molecule has 0 radical (unpaired) electrons. The molecule has 0 spiro atoms. The van der Waals surface area contributed by atoms with E-state index in [0.29, 0.717) is 18.0 Å². The molecule has 1 aromatic rings. The Morgan fingerprint density at radius 2 is 2.21 bits per heavy atom. The largest absolute Gasteiger partial charge is 0.479 e. The number of hydrogen-bond donors (Lipinski definition) is 1. The zero-order chi connectivity index (χ0) is 14.0. The van der Waals surface area contributed by atoms with Gasteiger partial charge >= 0.3 is 0 Å². The maximum atomic E-state index is 11.5. The van der Waals surface area contributed by atoms with Crippen LogP contribution in [-0.4, -0.2) is 36.4 Å². The van der Waals surface area contributed by atoms with E-state index >= 15 is 0 Å². The van der Waals surface area contributed by atoms with Crippen molar-refractivity contribution in [2.75, 3.05) is 18.9 Å². The number of carbonyl (C=O) groups is 2. The molecule has 0 saturated heterocycles. The first-order valence-corrected chi connectivity index (χ1v) is 6.29. The van der Waals surface area contributed by atoms with E-state index in [0.717, 1.165) is 12.0 Å². The van der Waals surface area contributed by atoms with Crippen LogP contribution in [0.3, 0.4) is 0 Å². The summed E-state index contributed by atoms with van der Waals surface area (Å²) in [6.45, 7) is 3.91. The molecular weight excluding hydrogens is 244 g/mol. The number of likely N-dealkylation sites (N-methyl/N-ethyl adjacent to an activating group) is 1. The summed E-state index contributed by atoms with van der Waals surface area (Å²) in [5.74, 6) is 0.602. The van der Waals surface area contributed by atoms with Crippen LogP contribution in [0.5, 0.6) is 5.75 Å². The van der Waals surface area contributed by atoms with Gasteiger partial charge in [-0.15, -0.1) is 0 Å². The highest BCUT2D eigenvalue weighted by Gasteiger charge is 2.23. The van der Waals surface area contributed by atoms with E-state index in [2.05, 4.69) is 5.32 Å². The van der Waals surface area contributed by atoms with E-state index in [-0.39, 0.29) is 11.8 Å². The predicted molar refractivity (Wildman–Crippen MR) is 72.2 cm³/mol. The van der Waals surface area contributed by atoms with Gasteiger partial charge in [0.1, 0.15) is 5.75 Å². The number of nitrogens with one attached hydrogen (secondary N) is 1. The molecule has 5 nitrogen and oxygen atoms in total. The third-order valence-corrected chi connectivity index (χ3v) is 3.25. The molecule has 102 valence electrons. The van der Waals surface area contributed by atoms with Gasteiger partial charge in [-0.3, -0.25) is 9.59 Å². The van der Waals surface area contributed by atoms with Crippen molar-refractivity contribution in [3.8, 4) is 5.75 Å². The van der Waals surface area contributed by atoms with Crippen molar-refractivity contribution in [2.24, 2.45) is 0 Å². The van der Waals surface area contributed by atoms with Gasteiger partial charge in [-0.05, 0) is 31.0 Å². The second-order valence-corrected chi connectivity index (χ2v) is 4.77. The van der Waals surface area contributed by atoms with E-state index in [9.17, 15) is 9.59 Å². The molecular formula is C14H18N2O3. The first kappa shape index (κ1) is 13.4. The molecule has 1 atom stereocenters. The van der Waals surface area contributed by atoms with Crippen molar-refractivity contribution in [1.82, 2.24) is 4.90 Å². The molecule has 0 aliphatic carbocycles. The van der Waals surface area contributed by atoms with Crippen LogP contribution in [0.2, 0.25) is 0 Å². The van der Waals surface area contributed by atoms with Gasteiger partial charge in [0.25, 0.3) is 5.91 Å². The van der Waals surface area contributed by atoms with Crippen LogP contribution in [0.25, 0.3) is 0 Å². The molecule has 0 saturated carbocycles. The Hall–Kier alpha value is -2.04. The lowest BCUT2D eigenvalue weighted by atomic mass is 10.1. The van der Waals surface area contributed by atoms with Crippen molar-refractivity contribution in [2.45, 2.75) is 26.4 Å². The number of carbonyl (C=O) groups excluding carboxylic acids is 2. The number of amides is 2. The van der Waals surface area contributed by atoms with Gasteiger partial charge in [-0.2, -0.15) is 0 Å². The minimum Gasteiger partial charge on any atom is -0.479 e. The fourth-order valence-electron chi connectivity index (χ4n) is 1.87. The van der Waals surface area contributed by atoms with E-state index < -0.39 is 6.10 Å². The monoisotopic (exact) mass is 262 g/mol. The summed E-state index contributed by atoms with van der Waals surface area (Å²) >= 11 is 0. The lowest BCUT2D eigenvalue weighted by molar-refractivity contribution is -0.127. The highest BCUT2D eigenvalue weighted by atomic mass is 16.5. The number of anilines is 1. The van der Waals surface area contributed by atoms with Crippen LogP contribution in [-0.2, 0) is 16.0 Å². The lowest BCUT2D eigenvalue weighted by Gasteiger charge is -2.24. The predicted octanol–water partition coefficient (Wildman–Crippen LogP) is 1.43. The molecule has 5 heteroatoms. The normalized spacial score (nSPS) is 17.2. The van der Waals surface area contributed by atoms with Crippen LogP contribution >= 0.6 is 0 Å². The summed E-state index contributed by atoms with van der Waals surface area (Å²) < 4.78 is 5.49. The van der Waals surface area contributed by atoms with Crippen LogP contribution in [0.15, 0.2) is 18.2 Å². The van der Waals surface area contributed by atoms with Crippen LogP contribution in [0.4, 0.5) is 5.69 Å². The molecule has 2 rings (SSSR count). The van der Waals surface area contributed by atoms with Gasteiger partial charge < -0.3 is 15.0 Å². The van der Waals surface area contributed by atoms with Crippen LogP contribution in [0, 0.1) is 0 Å². The Morgan fingerprint density at radius 1 is 1.47 bits per heavy atom. The quantitative estimate of drug-likeness (QED) is 0.896. The van der Waals surface area contributed by atoms with Crippen molar-refractivity contribution < 1.29 is 14.3 Å². The zero-order valence-electron chi connectivity index (χ0n) is 11.4. The molecule has 1 aromatic carbocycles. The van der Waals surface area contributed by atoms with Crippen molar-refractivity contribution in [1.29, 1.82) is 0 Å². The smallest absolute Gasteiger partial charge is 0.265 e. The van der Waals surface area contributed by atoms with E-state index in [1.54, 1.807) is 25.8 Å². The molecule has 1 heterocycles. The number of ether oxygens (including phenoxy) is 1. The third-order valence-electron chi connectivity index (χ3n) is 3.25. The summed E-state index contributed by atoms with van der Waals surface area (Å²) in [5, 5.41) is 2.82. The van der Waals surface area contributed by atoms with Gasteiger partial charge in [0.2, 0.25) is 5.91 Å². The lowest BCUT2D eigenvalue weighted by Crippen LogP contribution is -2.34. The Kier molecular flexibility index (Phi) is 3.74. The van der Waals surface area contributed by atoms with E-state index in [1.165, 1.54) is 0 Å². The number of benzene rings is 1. The van der Waals surface area contributed by atoms with Gasteiger partial charge in [-0.25, -0.2) is 0 Å². The molecule has 2 amide bonds. The number of rotatable bonds is 3. The second-order valence-electron chi connectivity index (χ2n) is 4.77. The number of fused-ring (bicyclic) bond motifs is 1. The zero-order valence-corrected chi connectivity index (χ0v) is 11.4. The summed E-state index contributed by atoms with van der Waals surface area (Å²) in [6.07, 6.45) is 0.289. The summed E-state index contributed by atoms with van der Waals surface area (Å²) in [7, 11) is 1.77. The maximum Gasteiger partial charge on any atom is 0.265 e. The Labute approximate surface area is 112 Å². The first-order chi connectivity index (χ1) is 8.97. The van der Waals surface area contributed by atoms with Crippen molar-refractivity contribution in [3.63, 3.8) is 0 Å². The minimum atomic E-state index is -0.456. The summed E-state index contributed by atoms with van der Waals surface area (Å²) in [4.78, 5) is 24.3. The summed E-state index contributed by atoms with van der Waals surface area (Å²) in [5.41, 5.74) is 1.76. The Bertz CT molecular complexity index is 513. The second kappa shape index (κ2) is 5.30. The fraction of sp³-hybridized carbons (Fsp3) is 0.429. The van der Waals surface area contributed by atoms with Crippen LogP contribution in [0.1, 0.15) is 19.4 Å². The van der Waals surface area contributed by atoms with Crippen molar-refractivity contribution in [3.05, 3.63) is 23.8 Å². The average molecular weight is 262 g/mol. The molecule has 1 aliphatic heterocycles. The van der Waals surface area contributed by atoms with E-state index in [1.807, 2.05) is 18.2 Å². The average Bonchev–Trinajstić information content (AvgIpc) is 2.37. The maximum absolute atomic E-state index is 11.5.